The van der Waals surface area contributed by atoms with Crippen LogP contribution >= 0.6 is 0 Å². The van der Waals surface area contributed by atoms with Crippen LogP contribution in [0.4, 0.5) is 0 Å². The number of hydrogen-bond donors (Lipinski definition) is 1. The fourth-order valence-electron chi connectivity index (χ4n) is 1.98. The molecule has 1 fully saturated rings. The van der Waals surface area contributed by atoms with Crippen LogP contribution in [0.15, 0.2) is 0 Å². The molecule has 0 saturated carbocycles. The monoisotopic (exact) mass is 228 g/mol. The Balaban J connectivity index is 2.64. The molecule has 0 radical (unpaired) electrons. The zero-order valence-corrected chi connectivity index (χ0v) is 11.5. The van der Waals surface area contributed by atoms with E-state index in [2.05, 4.69) is 39.5 Å². The van der Waals surface area contributed by atoms with E-state index in [4.69, 9.17) is 10.5 Å². The van der Waals surface area contributed by atoms with Gasteiger partial charge in [0.25, 0.3) is 0 Å². The number of hydrogen-bond acceptors (Lipinski definition) is 3. The minimum absolute atomic E-state index is 0.123. The predicted octanol–water partition coefficient (Wildman–Crippen LogP) is 1.86. The molecule has 0 aliphatic carbocycles. The molecule has 3 nitrogen and oxygen atoms in total. The van der Waals surface area contributed by atoms with E-state index >= 15 is 0 Å². The molecule has 96 valence electrons. The van der Waals surface area contributed by atoms with Crippen LogP contribution < -0.4 is 5.73 Å². The lowest BCUT2D eigenvalue weighted by Crippen LogP contribution is -2.56. The second-order valence-electron chi connectivity index (χ2n) is 6.21. The summed E-state index contributed by atoms with van der Waals surface area (Å²) < 4.78 is 5.53. The minimum Gasteiger partial charge on any atom is -0.378 e. The van der Waals surface area contributed by atoms with Gasteiger partial charge in [0.15, 0.2) is 0 Å². The molecule has 1 rings (SSSR count). The molecule has 1 aliphatic heterocycles. The Bertz CT molecular complexity index is 220. The fourth-order valence-corrected chi connectivity index (χ4v) is 1.98. The molecule has 0 spiro atoms. The van der Waals surface area contributed by atoms with Gasteiger partial charge in [-0.2, -0.15) is 0 Å². The van der Waals surface area contributed by atoms with Crippen molar-refractivity contribution in [2.45, 2.75) is 52.6 Å². The second-order valence-corrected chi connectivity index (χ2v) is 6.21. The van der Waals surface area contributed by atoms with E-state index in [1.54, 1.807) is 0 Å². The van der Waals surface area contributed by atoms with Crippen LogP contribution in [-0.2, 0) is 4.74 Å². The Kier molecular flexibility index (Phi) is 4.38. The SMILES string of the molecule is CCC1COCCN1CC(C)(C)C(C)(C)N. The van der Waals surface area contributed by atoms with Gasteiger partial charge in [-0.15, -0.1) is 0 Å². The third-order valence-electron chi connectivity index (χ3n) is 4.16. The first kappa shape index (κ1) is 13.9. The molecule has 3 heteroatoms. The van der Waals surface area contributed by atoms with Gasteiger partial charge in [-0.05, 0) is 25.7 Å². The van der Waals surface area contributed by atoms with Crippen molar-refractivity contribution in [1.29, 1.82) is 0 Å². The summed E-state index contributed by atoms with van der Waals surface area (Å²) in [6, 6.07) is 0.565. The van der Waals surface area contributed by atoms with E-state index in [1.807, 2.05) is 0 Å². The quantitative estimate of drug-likeness (QED) is 0.798. The zero-order chi connectivity index (χ0) is 12.4. The van der Waals surface area contributed by atoms with Gasteiger partial charge in [0, 0.05) is 24.7 Å². The summed E-state index contributed by atoms with van der Waals surface area (Å²) in [4.78, 5) is 2.54. The topological polar surface area (TPSA) is 38.5 Å². The number of rotatable bonds is 4. The van der Waals surface area contributed by atoms with Gasteiger partial charge in [-0.25, -0.2) is 0 Å². The molecule has 0 aromatic rings. The maximum atomic E-state index is 6.26. The van der Waals surface area contributed by atoms with Crippen LogP contribution in [-0.4, -0.2) is 42.8 Å². The van der Waals surface area contributed by atoms with Gasteiger partial charge in [0.1, 0.15) is 0 Å². The van der Waals surface area contributed by atoms with Crippen molar-refractivity contribution in [3.63, 3.8) is 0 Å². The molecule has 1 unspecified atom stereocenters. The van der Waals surface area contributed by atoms with E-state index in [1.165, 1.54) is 0 Å². The highest BCUT2D eigenvalue weighted by molar-refractivity contribution is 4.93. The number of ether oxygens (including phenoxy) is 1. The van der Waals surface area contributed by atoms with Crippen molar-refractivity contribution in [1.82, 2.24) is 4.90 Å². The van der Waals surface area contributed by atoms with Gasteiger partial charge in [0.2, 0.25) is 0 Å². The zero-order valence-electron chi connectivity index (χ0n) is 11.5. The predicted molar refractivity (Wildman–Crippen MR) is 68.5 cm³/mol. The molecule has 0 aromatic carbocycles. The maximum absolute atomic E-state index is 6.26. The van der Waals surface area contributed by atoms with Crippen molar-refractivity contribution in [2.75, 3.05) is 26.3 Å². The third-order valence-corrected chi connectivity index (χ3v) is 4.16. The van der Waals surface area contributed by atoms with E-state index in [-0.39, 0.29) is 11.0 Å². The Morgan fingerprint density at radius 3 is 2.44 bits per heavy atom. The average molecular weight is 228 g/mol. The van der Waals surface area contributed by atoms with Gasteiger partial charge in [0.05, 0.1) is 13.2 Å². The van der Waals surface area contributed by atoms with E-state index < -0.39 is 0 Å². The van der Waals surface area contributed by atoms with E-state index in [9.17, 15) is 0 Å². The van der Waals surface area contributed by atoms with Crippen LogP contribution in [0.1, 0.15) is 41.0 Å². The maximum Gasteiger partial charge on any atom is 0.0622 e. The third kappa shape index (κ3) is 3.19. The lowest BCUT2D eigenvalue weighted by atomic mass is 9.74. The highest BCUT2D eigenvalue weighted by Gasteiger charge is 2.37. The second kappa shape index (κ2) is 5.03. The highest BCUT2D eigenvalue weighted by atomic mass is 16.5. The standard InChI is InChI=1S/C13H28N2O/c1-6-11-9-16-8-7-15(11)10-12(2,3)13(4,5)14/h11H,6-10,14H2,1-5H3. The molecular formula is C13H28N2O. The van der Waals surface area contributed by atoms with Crippen molar-refractivity contribution in [3.8, 4) is 0 Å². The summed E-state index contributed by atoms with van der Waals surface area (Å²) in [7, 11) is 0. The summed E-state index contributed by atoms with van der Waals surface area (Å²) in [5, 5.41) is 0. The van der Waals surface area contributed by atoms with Crippen LogP contribution in [0.2, 0.25) is 0 Å². The van der Waals surface area contributed by atoms with Crippen LogP contribution in [0.5, 0.6) is 0 Å². The molecule has 2 N–H and O–H groups in total. The molecular weight excluding hydrogens is 200 g/mol. The smallest absolute Gasteiger partial charge is 0.0622 e. The van der Waals surface area contributed by atoms with Crippen LogP contribution in [0.25, 0.3) is 0 Å². The first-order chi connectivity index (χ1) is 7.28. The van der Waals surface area contributed by atoms with Gasteiger partial charge < -0.3 is 10.5 Å². The Hall–Kier alpha value is -0.120. The van der Waals surface area contributed by atoms with Crippen molar-refractivity contribution in [3.05, 3.63) is 0 Å². The summed E-state index contributed by atoms with van der Waals surface area (Å²) in [6.45, 7) is 14.8. The number of nitrogens with two attached hydrogens (primary N) is 1. The molecule has 0 amide bonds. The van der Waals surface area contributed by atoms with Gasteiger partial charge >= 0.3 is 0 Å². The molecule has 1 aliphatic rings. The van der Waals surface area contributed by atoms with E-state index in [0.29, 0.717) is 6.04 Å². The Morgan fingerprint density at radius 2 is 1.94 bits per heavy atom. The van der Waals surface area contributed by atoms with Crippen molar-refractivity contribution < 1.29 is 4.74 Å². The molecule has 1 heterocycles. The van der Waals surface area contributed by atoms with E-state index in [0.717, 1.165) is 32.7 Å². The summed E-state index contributed by atoms with van der Waals surface area (Å²) in [5.41, 5.74) is 6.23. The van der Waals surface area contributed by atoms with Crippen molar-refractivity contribution in [2.24, 2.45) is 11.1 Å². The minimum atomic E-state index is -0.149. The molecule has 0 aromatic heterocycles. The Labute approximate surface area is 100 Å². The molecule has 0 bridgehead atoms. The molecule has 16 heavy (non-hydrogen) atoms. The molecule has 1 saturated heterocycles. The normalized spacial score (nSPS) is 24.8. The summed E-state index contributed by atoms with van der Waals surface area (Å²) >= 11 is 0. The first-order valence-electron chi connectivity index (χ1n) is 6.38. The summed E-state index contributed by atoms with van der Waals surface area (Å²) in [5.74, 6) is 0. The lowest BCUT2D eigenvalue weighted by molar-refractivity contribution is -0.0324. The van der Waals surface area contributed by atoms with Crippen LogP contribution in [0, 0.1) is 5.41 Å². The number of morpholine rings is 1. The van der Waals surface area contributed by atoms with Gasteiger partial charge in [-0.3, -0.25) is 4.90 Å². The fraction of sp³-hybridized carbons (Fsp3) is 1.00. The van der Waals surface area contributed by atoms with Crippen LogP contribution in [0.3, 0.4) is 0 Å². The molecule has 1 atom stereocenters. The Morgan fingerprint density at radius 1 is 1.31 bits per heavy atom. The first-order valence-corrected chi connectivity index (χ1v) is 6.38. The highest BCUT2D eigenvalue weighted by Crippen LogP contribution is 2.30. The summed E-state index contributed by atoms with van der Waals surface area (Å²) in [6.07, 6.45) is 1.15. The van der Waals surface area contributed by atoms with Gasteiger partial charge in [-0.1, -0.05) is 20.8 Å². The average Bonchev–Trinajstić information content (AvgIpc) is 2.16. The van der Waals surface area contributed by atoms with Crippen molar-refractivity contribution >= 4 is 0 Å². The largest absolute Gasteiger partial charge is 0.378 e. The lowest BCUT2D eigenvalue weighted by Gasteiger charge is -2.45. The number of nitrogens with zero attached hydrogens (tertiary/aromatic N) is 1.